The van der Waals surface area contributed by atoms with Crippen LogP contribution in [0.1, 0.15) is 25.3 Å². The predicted octanol–water partition coefficient (Wildman–Crippen LogP) is 2.44. The summed E-state index contributed by atoms with van der Waals surface area (Å²) >= 11 is 0. The largest absolute Gasteiger partial charge is 0.469 e. The van der Waals surface area contributed by atoms with E-state index < -0.39 is 0 Å². The van der Waals surface area contributed by atoms with Crippen LogP contribution in [0.2, 0.25) is 0 Å². The number of rotatable bonds is 4. The van der Waals surface area contributed by atoms with Crippen LogP contribution >= 0.6 is 0 Å². The van der Waals surface area contributed by atoms with Crippen molar-refractivity contribution in [3.63, 3.8) is 0 Å². The summed E-state index contributed by atoms with van der Waals surface area (Å²) < 4.78 is 17.7. The number of hydrogen-bond acceptors (Lipinski definition) is 8. The SMILES string of the molecule is COC(=O)C1CCCN(c2noc(-c3ccc4cnn(C5COC5)c4c3)n2)CC1. The molecular weight excluding hydrogens is 374 g/mol. The second-order valence-electron chi connectivity index (χ2n) is 7.59. The molecule has 1 unspecified atom stereocenters. The first-order valence-corrected chi connectivity index (χ1v) is 9.95. The van der Waals surface area contributed by atoms with Gasteiger partial charge in [-0.05, 0) is 36.6 Å². The number of carbonyl (C=O) groups excluding carboxylic acids is 1. The van der Waals surface area contributed by atoms with Gasteiger partial charge in [0, 0.05) is 24.0 Å². The lowest BCUT2D eigenvalue weighted by Crippen LogP contribution is -2.31. The number of anilines is 1. The van der Waals surface area contributed by atoms with Crippen LogP contribution in [0.15, 0.2) is 28.9 Å². The third-order valence-electron chi connectivity index (χ3n) is 5.77. The lowest BCUT2D eigenvalue weighted by atomic mass is 10.0. The Kier molecular flexibility index (Phi) is 4.67. The van der Waals surface area contributed by atoms with Gasteiger partial charge in [0.25, 0.3) is 11.8 Å². The highest BCUT2D eigenvalue weighted by atomic mass is 16.5. The standard InChI is InChI=1S/C20H23N5O4/c1-27-19(26)13-3-2-7-24(8-6-13)20-22-18(29-23-20)14-4-5-15-10-21-25(17(15)9-14)16-11-28-12-16/h4-5,9-10,13,16H,2-3,6-8,11-12H2,1H3. The molecule has 5 rings (SSSR count). The predicted molar refractivity (Wildman–Crippen MR) is 104 cm³/mol. The van der Waals surface area contributed by atoms with Gasteiger partial charge in [0.15, 0.2) is 0 Å². The van der Waals surface area contributed by atoms with E-state index in [4.69, 9.17) is 14.0 Å². The molecule has 2 aliphatic heterocycles. The highest BCUT2D eigenvalue weighted by Crippen LogP contribution is 2.29. The molecule has 1 atom stereocenters. The first-order valence-electron chi connectivity index (χ1n) is 9.95. The summed E-state index contributed by atoms with van der Waals surface area (Å²) in [5.41, 5.74) is 1.90. The second-order valence-corrected chi connectivity index (χ2v) is 7.59. The molecule has 0 spiro atoms. The van der Waals surface area contributed by atoms with Gasteiger partial charge < -0.3 is 18.9 Å². The van der Waals surface area contributed by atoms with Crippen LogP contribution < -0.4 is 4.90 Å². The third kappa shape index (κ3) is 3.35. The molecule has 4 heterocycles. The molecule has 0 saturated carbocycles. The Bertz CT molecular complexity index is 1020. The number of esters is 1. The third-order valence-corrected chi connectivity index (χ3v) is 5.77. The number of ether oxygens (including phenoxy) is 2. The van der Waals surface area contributed by atoms with Crippen molar-refractivity contribution in [3.8, 4) is 11.5 Å². The highest BCUT2D eigenvalue weighted by Gasteiger charge is 2.26. The quantitative estimate of drug-likeness (QED) is 0.620. The number of benzene rings is 1. The summed E-state index contributed by atoms with van der Waals surface area (Å²) in [7, 11) is 1.44. The van der Waals surface area contributed by atoms with Crippen LogP contribution in [0.25, 0.3) is 22.4 Å². The monoisotopic (exact) mass is 397 g/mol. The average molecular weight is 397 g/mol. The van der Waals surface area contributed by atoms with E-state index in [2.05, 4.69) is 20.1 Å². The fraction of sp³-hybridized carbons (Fsp3) is 0.500. The summed E-state index contributed by atoms with van der Waals surface area (Å²) in [6.07, 6.45) is 4.30. The lowest BCUT2D eigenvalue weighted by Gasteiger charge is -2.26. The minimum atomic E-state index is -0.137. The zero-order valence-electron chi connectivity index (χ0n) is 16.3. The number of nitrogens with zero attached hydrogens (tertiary/aromatic N) is 5. The Morgan fingerprint density at radius 1 is 1.24 bits per heavy atom. The molecule has 2 aliphatic rings. The van der Waals surface area contributed by atoms with E-state index in [0.29, 0.717) is 31.6 Å². The Hall–Kier alpha value is -2.94. The molecule has 29 heavy (non-hydrogen) atoms. The van der Waals surface area contributed by atoms with Crippen molar-refractivity contribution >= 4 is 22.8 Å². The van der Waals surface area contributed by atoms with Gasteiger partial charge in [-0.25, -0.2) is 0 Å². The summed E-state index contributed by atoms with van der Waals surface area (Å²) in [6.45, 7) is 2.87. The molecule has 2 aromatic heterocycles. The van der Waals surface area contributed by atoms with Crippen molar-refractivity contribution in [2.24, 2.45) is 5.92 Å². The van der Waals surface area contributed by atoms with E-state index in [1.54, 1.807) is 0 Å². The molecule has 1 aromatic carbocycles. The number of carbonyl (C=O) groups is 1. The van der Waals surface area contributed by atoms with Crippen LogP contribution in [-0.2, 0) is 14.3 Å². The molecule has 0 bridgehead atoms. The van der Waals surface area contributed by atoms with E-state index >= 15 is 0 Å². The fourth-order valence-corrected chi connectivity index (χ4v) is 3.99. The maximum atomic E-state index is 11.8. The molecule has 2 fully saturated rings. The Morgan fingerprint density at radius 3 is 2.93 bits per heavy atom. The molecule has 0 radical (unpaired) electrons. The molecule has 0 N–H and O–H groups in total. The molecule has 9 nitrogen and oxygen atoms in total. The van der Waals surface area contributed by atoms with Crippen molar-refractivity contribution in [1.82, 2.24) is 19.9 Å². The van der Waals surface area contributed by atoms with Gasteiger partial charge in [-0.15, -0.1) is 0 Å². The summed E-state index contributed by atoms with van der Waals surface area (Å²) in [6, 6.07) is 6.30. The van der Waals surface area contributed by atoms with Crippen molar-refractivity contribution in [1.29, 1.82) is 0 Å². The minimum absolute atomic E-state index is 0.0606. The Morgan fingerprint density at radius 2 is 2.14 bits per heavy atom. The summed E-state index contributed by atoms with van der Waals surface area (Å²) in [4.78, 5) is 18.5. The van der Waals surface area contributed by atoms with Crippen molar-refractivity contribution in [3.05, 3.63) is 24.4 Å². The van der Waals surface area contributed by atoms with Gasteiger partial charge in [-0.2, -0.15) is 10.1 Å². The maximum absolute atomic E-state index is 11.8. The minimum Gasteiger partial charge on any atom is -0.469 e. The van der Waals surface area contributed by atoms with Crippen LogP contribution in [-0.4, -0.2) is 59.3 Å². The normalized spacial score (nSPS) is 20.4. The van der Waals surface area contributed by atoms with Gasteiger partial charge in [-0.1, -0.05) is 6.07 Å². The van der Waals surface area contributed by atoms with Crippen molar-refractivity contribution in [2.45, 2.75) is 25.3 Å². The smallest absolute Gasteiger partial charge is 0.308 e. The molecule has 0 amide bonds. The van der Waals surface area contributed by atoms with Gasteiger partial charge in [0.05, 0.1) is 44.0 Å². The van der Waals surface area contributed by atoms with Crippen LogP contribution in [0.4, 0.5) is 5.95 Å². The van der Waals surface area contributed by atoms with Gasteiger partial charge in [-0.3, -0.25) is 9.48 Å². The summed E-state index contributed by atoms with van der Waals surface area (Å²) in [5, 5.41) is 9.75. The molecular formula is C20H23N5O4. The molecule has 0 aliphatic carbocycles. The molecule has 9 heteroatoms. The van der Waals surface area contributed by atoms with Crippen molar-refractivity contribution < 1.29 is 18.8 Å². The first kappa shape index (κ1) is 18.1. The van der Waals surface area contributed by atoms with E-state index in [0.717, 1.165) is 42.3 Å². The molecule has 3 aromatic rings. The topological polar surface area (TPSA) is 95.5 Å². The Labute approximate surface area is 167 Å². The number of hydrogen-bond donors (Lipinski definition) is 0. The zero-order valence-corrected chi connectivity index (χ0v) is 16.3. The van der Waals surface area contributed by atoms with Gasteiger partial charge in [0.2, 0.25) is 0 Å². The van der Waals surface area contributed by atoms with Crippen molar-refractivity contribution in [2.75, 3.05) is 38.3 Å². The van der Waals surface area contributed by atoms with Crippen LogP contribution in [0, 0.1) is 5.92 Å². The molecule has 152 valence electrons. The second kappa shape index (κ2) is 7.47. The van der Waals surface area contributed by atoms with E-state index in [-0.39, 0.29) is 17.9 Å². The molecule has 2 saturated heterocycles. The number of aromatic nitrogens is 4. The van der Waals surface area contributed by atoms with Gasteiger partial charge in [0.1, 0.15) is 0 Å². The van der Waals surface area contributed by atoms with Gasteiger partial charge >= 0.3 is 5.97 Å². The average Bonchev–Trinajstić information content (AvgIpc) is 3.27. The summed E-state index contributed by atoms with van der Waals surface area (Å²) in [5.74, 6) is 0.844. The number of methoxy groups -OCH3 is 1. The van der Waals surface area contributed by atoms with Crippen LogP contribution in [0.5, 0.6) is 0 Å². The number of fused-ring (bicyclic) bond motifs is 1. The zero-order chi connectivity index (χ0) is 19.8. The lowest BCUT2D eigenvalue weighted by molar-refractivity contribution is -0.145. The Balaban J connectivity index is 1.36. The highest BCUT2D eigenvalue weighted by molar-refractivity contribution is 5.83. The van der Waals surface area contributed by atoms with E-state index in [1.165, 1.54) is 7.11 Å². The van der Waals surface area contributed by atoms with Crippen LogP contribution in [0.3, 0.4) is 0 Å². The fourth-order valence-electron chi connectivity index (χ4n) is 3.99. The van der Waals surface area contributed by atoms with E-state index in [1.807, 2.05) is 29.1 Å². The first-order chi connectivity index (χ1) is 14.2. The van der Waals surface area contributed by atoms with E-state index in [9.17, 15) is 4.79 Å². The maximum Gasteiger partial charge on any atom is 0.308 e.